The van der Waals surface area contributed by atoms with Crippen molar-refractivity contribution in [1.82, 2.24) is 9.78 Å². The first-order valence-electron chi connectivity index (χ1n) is 5.61. The molecule has 0 aliphatic heterocycles. The van der Waals surface area contributed by atoms with Crippen molar-refractivity contribution in [1.29, 1.82) is 0 Å². The van der Waals surface area contributed by atoms with E-state index in [0.717, 1.165) is 12.1 Å². The van der Waals surface area contributed by atoms with Crippen molar-refractivity contribution in [2.75, 3.05) is 0 Å². The fourth-order valence-electron chi connectivity index (χ4n) is 1.77. The van der Waals surface area contributed by atoms with Gasteiger partial charge in [0.2, 0.25) is 0 Å². The molecule has 0 amide bonds. The third-order valence-corrected chi connectivity index (χ3v) is 2.75. The second-order valence-corrected chi connectivity index (χ2v) is 4.05. The van der Waals surface area contributed by atoms with Crippen molar-refractivity contribution in [3.05, 3.63) is 60.4 Å². The van der Waals surface area contributed by atoms with Gasteiger partial charge in [0.1, 0.15) is 5.76 Å². The van der Waals surface area contributed by atoms with Gasteiger partial charge in [0.05, 0.1) is 28.7 Å². The first-order chi connectivity index (χ1) is 9.34. The number of hydrogen-bond donors (Lipinski definition) is 1. The van der Waals surface area contributed by atoms with Crippen LogP contribution in [0.25, 0.3) is 17.5 Å². The molecule has 104 valence electrons. The van der Waals surface area contributed by atoms with E-state index in [0.29, 0.717) is 16.9 Å². The third kappa shape index (κ3) is 2.45. The zero-order chi connectivity index (χ0) is 14.9. The summed E-state index contributed by atoms with van der Waals surface area (Å²) in [4.78, 5) is 0. The van der Waals surface area contributed by atoms with Gasteiger partial charge in [0.25, 0.3) is 0 Å². The van der Waals surface area contributed by atoms with Gasteiger partial charge in [-0.15, -0.1) is 0 Å². The summed E-state index contributed by atoms with van der Waals surface area (Å²) in [5, 5.41) is 13.4. The van der Waals surface area contributed by atoms with Gasteiger partial charge < -0.3 is 5.11 Å². The Balaban J connectivity index is 2.47. The summed E-state index contributed by atoms with van der Waals surface area (Å²) in [6.07, 6.45) is -1.56. The summed E-state index contributed by atoms with van der Waals surface area (Å²) in [6.45, 7) is 6.99. The van der Waals surface area contributed by atoms with E-state index in [1.165, 1.54) is 29.1 Å². The van der Waals surface area contributed by atoms with Crippen molar-refractivity contribution in [2.24, 2.45) is 0 Å². The Bertz CT molecular complexity index is 654. The van der Waals surface area contributed by atoms with Crippen molar-refractivity contribution in [2.45, 2.75) is 6.18 Å². The monoisotopic (exact) mass is 280 g/mol. The molecule has 0 saturated heterocycles. The molecule has 20 heavy (non-hydrogen) atoms. The van der Waals surface area contributed by atoms with Crippen LogP contribution in [0, 0.1) is 0 Å². The Hall–Kier alpha value is -2.50. The van der Waals surface area contributed by atoms with Crippen LogP contribution >= 0.6 is 0 Å². The molecule has 0 aliphatic carbocycles. The van der Waals surface area contributed by atoms with Gasteiger partial charge in [-0.05, 0) is 30.3 Å². The van der Waals surface area contributed by atoms with E-state index in [4.69, 9.17) is 0 Å². The average Bonchev–Trinajstić information content (AvgIpc) is 2.81. The number of aliphatic hydroxyl groups excluding tert-OH is 1. The minimum atomic E-state index is -4.38. The maximum atomic E-state index is 12.5. The standard InChI is InChI=1S/C14H11F3N2O/c1-3-13-12(9(2)20)8-18-19(13)11-6-4-10(5-7-11)14(15,16)17/h3-8,20H,1-2H2. The second-order valence-electron chi connectivity index (χ2n) is 4.05. The normalized spacial score (nSPS) is 11.3. The fraction of sp³-hybridized carbons (Fsp3) is 0.0714. The van der Waals surface area contributed by atoms with Crippen LogP contribution in [0.5, 0.6) is 0 Å². The van der Waals surface area contributed by atoms with Crippen LogP contribution in [0.15, 0.2) is 43.6 Å². The maximum absolute atomic E-state index is 12.5. The quantitative estimate of drug-likeness (QED) is 0.861. The fourth-order valence-corrected chi connectivity index (χ4v) is 1.77. The predicted octanol–water partition coefficient (Wildman–Crippen LogP) is 4.06. The second kappa shape index (κ2) is 4.88. The lowest BCUT2D eigenvalue weighted by molar-refractivity contribution is -0.137. The van der Waals surface area contributed by atoms with Crippen LogP contribution in [0.4, 0.5) is 13.2 Å². The van der Waals surface area contributed by atoms with E-state index in [2.05, 4.69) is 18.3 Å². The molecule has 0 radical (unpaired) electrons. The Kier molecular flexibility index (Phi) is 3.40. The molecule has 2 rings (SSSR count). The summed E-state index contributed by atoms with van der Waals surface area (Å²) < 4.78 is 38.9. The minimum absolute atomic E-state index is 0.182. The zero-order valence-electron chi connectivity index (χ0n) is 10.4. The Morgan fingerprint density at radius 1 is 1.25 bits per heavy atom. The Morgan fingerprint density at radius 3 is 2.30 bits per heavy atom. The number of benzene rings is 1. The number of aliphatic hydroxyl groups is 1. The first kappa shape index (κ1) is 13.9. The highest BCUT2D eigenvalue weighted by molar-refractivity contribution is 5.66. The van der Waals surface area contributed by atoms with Crippen LogP contribution in [0.1, 0.15) is 16.8 Å². The van der Waals surface area contributed by atoms with Crippen LogP contribution in [-0.4, -0.2) is 14.9 Å². The summed E-state index contributed by atoms with van der Waals surface area (Å²) in [7, 11) is 0. The van der Waals surface area contributed by atoms with E-state index in [-0.39, 0.29) is 5.76 Å². The van der Waals surface area contributed by atoms with Crippen LogP contribution in [0.3, 0.4) is 0 Å². The molecule has 0 saturated carbocycles. The molecular formula is C14H11F3N2O. The van der Waals surface area contributed by atoms with Crippen molar-refractivity contribution in [3.8, 4) is 5.69 Å². The molecule has 2 aromatic rings. The van der Waals surface area contributed by atoms with Gasteiger partial charge in [-0.3, -0.25) is 0 Å². The van der Waals surface area contributed by atoms with E-state index in [1.807, 2.05) is 0 Å². The van der Waals surface area contributed by atoms with Gasteiger partial charge in [-0.1, -0.05) is 13.2 Å². The Labute approximate surface area is 113 Å². The number of rotatable bonds is 3. The van der Waals surface area contributed by atoms with Gasteiger partial charge in [0, 0.05) is 0 Å². The highest BCUT2D eigenvalue weighted by Gasteiger charge is 2.30. The lowest BCUT2D eigenvalue weighted by Gasteiger charge is -2.09. The zero-order valence-corrected chi connectivity index (χ0v) is 10.4. The molecule has 3 nitrogen and oxygen atoms in total. The van der Waals surface area contributed by atoms with Crippen molar-refractivity contribution in [3.63, 3.8) is 0 Å². The van der Waals surface area contributed by atoms with Crippen molar-refractivity contribution < 1.29 is 18.3 Å². The summed E-state index contributed by atoms with van der Waals surface area (Å²) in [6, 6.07) is 4.54. The largest absolute Gasteiger partial charge is 0.508 e. The minimum Gasteiger partial charge on any atom is -0.508 e. The number of aromatic nitrogens is 2. The van der Waals surface area contributed by atoms with E-state index < -0.39 is 11.7 Å². The SMILES string of the molecule is C=Cc1c(C(=C)O)cnn1-c1ccc(C(F)(F)F)cc1. The van der Waals surface area contributed by atoms with E-state index in [9.17, 15) is 18.3 Å². The third-order valence-electron chi connectivity index (χ3n) is 2.75. The number of halogens is 3. The number of hydrogen-bond acceptors (Lipinski definition) is 2. The van der Waals surface area contributed by atoms with E-state index >= 15 is 0 Å². The topological polar surface area (TPSA) is 38.1 Å². The van der Waals surface area contributed by atoms with Gasteiger partial charge in [-0.25, -0.2) is 4.68 Å². The summed E-state index contributed by atoms with van der Waals surface area (Å²) in [5.41, 5.74) is 0.526. The smallest absolute Gasteiger partial charge is 0.416 e. The highest BCUT2D eigenvalue weighted by Crippen LogP contribution is 2.30. The van der Waals surface area contributed by atoms with Gasteiger partial charge in [0.15, 0.2) is 0 Å². The van der Waals surface area contributed by atoms with Gasteiger partial charge in [-0.2, -0.15) is 18.3 Å². The molecule has 1 aromatic heterocycles. The van der Waals surface area contributed by atoms with E-state index in [1.54, 1.807) is 0 Å². The molecule has 1 N–H and O–H groups in total. The lowest BCUT2D eigenvalue weighted by atomic mass is 10.2. The number of alkyl halides is 3. The van der Waals surface area contributed by atoms with Crippen molar-refractivity contribution >= 4 is 11.8 Å². The molecule has 1 aromatic carbocycles. The summed E-state index contributed by atoms with van der Waals surface area (Å²) in [5.74, 6) is -0.182. The molecular weight excluding hydrogens is 269 g/mol. The highest BCUT2D eigenvalue weighted by atomic mass is 19.4. The molecule has 0 atom stereocenters. The van der Waals surface area contributed by atoms with Crippen LogP contribution in [0.2, 0.25) is 0 Å². The molecule has 1 heterocycles. The maximum Gasteiger partial charge on any atom is 0.416 e. The first-order valence-corrected chi connectivity index (χ1v) is 5.61. The molecule has 6 heteroatoms. The number of nitrogens with zero attached hydrogens (tertiary/aromatic N) is 2. The lowest BCUT2D eigenvalue weighted by Crippen LogP contribution is -2.06. The molecule has 0 bridgehead atoms. The average molecular weight is 280 g/mol. The Morgan fingerprint density at radius 2 is 1.85 bits per heavy atom. The molecule has 0 fully saturated rings. The molecule has 0 spiro atoms. The predicted molar refractivity (Wildman–Crippen MR) is 70.3 cm³/mol. The van der Waals surface area contributed by atoms with Gasteiger partial charge >= 0.3 is 6.18 Å². The summed E-state index contributed by atoms with van der Waals surface area (Å²) >= 11 is 0. The molecule has 0 aliphatic rings. The van der Waals surface area contributed by atoms with Crippen LogP contribution < -0.4 is 0 Å². The molecule has 0 unspecified atom stereocenters. The van der Waals surface area contributed by atoms with Crippen LogP contribution in [-0.2, 0) is 6.18 Å².